The Morgan fingerprint density at radius 3 is 2.16 bits per heavy atom. The Hall–Kier alpha value is -2.81. The van der Waals surface area contributed by atoms with E-state index in [9.17, 15) is 24.6 Å². The second-order valence-electron chi connectivity index (χ2n) is 11.4. The van der Waals surface area contributed by atoms with Crippen LogP contribution < -0.4 is 10.6 Å². The van der Waals surface area contributed by atoms with Crippen molar-refractivity contribution in [1.29, 1.82) is 0 Å². The van der Waals surface area contributed by atoms with Gasteiger partial charge < -0.3 is 30.5 Å². The predicted octanol–water partition coefficient (Wildman–Crippen LogP) is 4.42. The van der Waals surface area contributed by atoms with Gasteiger partial charge in [0.2, 0.25) is 11.8 Å². The molecule has 2 unspecified atom stereocenters. The normalized spacial score (nSPS) is 13.4. The number of hydrogen-bond donors (Lipinski definition) is 4. The van der Waals surface area contributed by atoms with Crippen LogP contribution in [-0.4, -0.2) is 63.4 Å². The summed E-state index contributed by atoms with van der Waals surface area (Å²) >= 11 is 0. The molecule has 0 spiro atoms. The summed E-state index contributed by atoms with van der Waals surface area (Å²) in [6.45, 7) is 12.3. The predicted molar refractivity (Wildman–Crippen MR) is 144 cm³/mol. The van der Waals surface area contributed by atoms with Crippen LogP contribution in [0.15, 0.2) is 24.3 Å². The maximum atomic E-state index is 13.8. The van der Waals surface area contributed by atoms with E-state index in [2.05, 4.69) is 17.6 Å². The van der Waals surface area contributed by atoms with E-state index >= 15 is 0 Å². The molecule has 2 atom stereocenters. The molecular formula is C28H47N3O6. The highest BCUT2D eigenvalue weighted by atomic mass is 16.6. The molecule has 0 bridgehead atoms. The van der Waals surface area contributed by atoms with Crippen molar-refractivity contribution in [2.24, 2.45) is 0 Å². The third-order valence-corrected chi connectivity index (χ3v) is 5.45. The van der Waals surface area contributed by atoms with Gasteiger partial charge >= 0.3 is 6.09 Å². The van der Waals surface area contributed by atoms with E-state index in [0.717, 1.165) is 32.1 Å². The van der Waals surface area contributed by atoms with Crippen molar-refractivity contribution in [3.8, 4) is 5.75 Å². The van der Waals surface area contributed by atoms with Crippen molar-refractivity contribution >= 4 is 17.9 Å². The minimum Gasteiger partial charge on any atom is -0.508 e. The van der Waals surface area contributed by atoms with E-state index in [0.29, 0.717) is 12.0 Å². The average molecular weight is 522 g/mol. The molecule has 0 aliphatic heterocycles. The molecule has 9 heteroatoms. The van der Waals surface area contributed by atoms with Gasteiger partial charge in [-0.3, -0.25) is 9.59 Å². The Bertz CT molecular complexity index is 875. The quantitative estimate of drug-likeness (QED) is 0.285. The van der Waals surface area contributed by atoms with Gasteiger partial charge in [-0.25, -0.2) is 4.79 Å². The van der Waals surface area contributed by atoms with Gasteiger partial charge in [-0.05, 0) is 65.7 Å². The summed E-state index contributed by atoms with van der Waals surface area (Å²) < 4.78 is 5.27. The molecule has 0 saturated carbocycles. The number of aromatic hydroxyl groups is 1. The molecule has 1 rings (SSSR count). The summed E-state index contributed by atoms with van der Waals surface area (Å²) in [6.07, 6.45) is 5.00. The maximum Gasteiger partial charge on any atom is 0.408 e. The van der Waals surface area contributed by atoms with Crippen LogP contribution in [0.4, 0.5) is 4.79 Å². The second kappa shape index (κ2) is 14.8. The van der Waals surface area contributed by atoms with Gasteiger partial charge in [-0.1, -0.05) is 51.2 Å². The van der Waals surface area contributed by atoms with E-state index in [1.54, 1.807) is 32.9 Å². The number of benzene rings is 1. The third-order valence-electron chi connectivity index (χ3n) is 5.45. The molecule has 1 aromatic carbocycles. The van der Waals surface area contributed by atoms with Crippen LogP contribution in [0.3, 0.4) is 0 Å². The van der Waals surface area contributed by atoms with Gasteiger partial charge in [0.25, 0.3) is 0 Å². The number of carbonyl (C=O) groups is 3. The summed E-state index contributed by atoms with van der Waals surface area (Å²) in [6, 6.07) is 3.83. The largest absolute Gasteiger partial charge is 0.508 e. The van der Waals surface area contributed by atoms with Crippen LogP contribution in [0.1, 0.15) is 98.6 Å². The molecule has 0 heterocycles. The fourth-order valence-electron chi connectivity index (χ4n) is 3.87. The number of alkyl carbamates (subject to hydrolysis) is 1. The van der Waals surface area contributed by atoms with E-state index in [1.807, 2.05) is 20.8 Å². The minimum atomic E-state index is -1.31. The molecule has 3 amide bonds. The molecule has 0 aromatic heterocycles. The highest BCUT2D eigenvalue weighted by Gasteiger charge is 2.37. The van der Waals surface area contributed by atoms with Crippen LogP contribution in [0.25, 0.3) is 0 Å². The zero-order valence-corrected chi connectivity index (χ0v) is 23.6. The van der Waals surface area contributed by atoms with Gasteiger partial charge in [0.1, 0.15) is 23.4 Å². The summed E-state index contributed by atoms with van der Waals surface area (Å²) in [5, 5.41) is 25.5. The third kappa shape index (κ3) is 12.3. The fraction of sp³-hybridized carbons (Fsp3) is 0.679. The lowest BCUT2D eigenvalue weighted by Crippen LogP contribution is -2.55. The summed E-state index contributed by atoms with van der Waals surface area (Å²) in [7, 11) is 0. The highest BCUT2D eigenvalue weighted by molar-refractivity contribution is 5.92. The van der Waals surface area contributed by atoms with Crippen molar-refractivity contribution in [3.05, 3.63) is 29.8 Å². The number of aliphatic hydroxyl groups excluding tert-OH is 1. The van der Waals surface area contributed by atoms with E-state index in [4.69, 9.17) is 4.74 Å². The van der Waals surface area contributed by atoms with E-state index in [1.165, 1.54) is 17.0 Å². The minimum absolute atomic E-state index is 0.0383. The van der Waals surface area contributed by atoms with Crippen LogP contribution in [0.5, 0.6) is 5.75 Å². The topological polar surface area (TPSA) is 128 Å². The highest BCUT2D eigenvalue weighted by Crippen LogP contribution is 2.27. The van der Waals surface area contributed by atoms with Gasteiger partial charge in [0, 0.05) is 12.1 Å². The van der Waals surface area contributed by atoms with Crippen molar-refractivity contribution in [2.45, 2.75) is 110 Å². The Labute approximate surface area is 222 Å². The SMILES string of the molecule is CCCCCCCCN(C(=O)C(CO)NC(=O)OC(C)(C)C)C(C(=O)NC(C)(C)C)c1cccc(O)c1. The summed E-state index contributed by atoms with van der Waals surface area (Å²) in [5.41, 5.74) is -0.941. The first-order valence-electron chi connectivity index (χ1n) is 13.2. The Morgan fingerprint density at radius 1 is 1.00 bits per heavy atom. The van der Waals surface area contributed by atoms with Crippen molar-refractivity contribution in [3.63, 3.8) is 0 Å². The molecule has 0 saturated heterocycles. The summed E-state index contributed by atoms with van der Waals surface area (Å²) in [4.78, 5) is 41.1. The Kier molecular flexibility index (Phi) is 12.9. The molecule has 1 aromatic rings. The Balaban J connectivity index is 3.36. The monoisotopic (exact) mass is 521 g/mol. The number of nitrogens with one attached hydrogen (secondary N) is 2. The standard InChI is InChI=1S/C28H47N3O6/c1-8-9-10-11-12-13-17-31(25(35)22(19-32)29-26(36)37-28(5,6)7)23(24(34)30-27(2,3)4)20-15-14-16-21(33)18-20/h14-16,18,22-23,32-33H,8-13,17,19H2,1-7H3,(H,29,36)(H,30,34). The zero-order valence-electron chi connectivity index (χ0n) is 23.6. The van der Waals surface area contributed by atoms with Crippen LogP contribution >= 0.6 is 0 Å². The fourth-order valence-corrected chi connectivity index (χ4v) is 3.87. The molecule has 210 valence electrons. The number of amides is 3. The van der Waals surface area contributed by atoms with Crippen molar-refractivity contribution in [1.82, 2.24) is 15.5 Å². The number of ether oxygens (including phenoxy) is 1. The number of rotatable bonds is 13. The van der Waals surface area contributed by atoms with Crippen molar-refractivity contribution < 1.29 is 29.3 Å². The lowest BCUT2D eigenvalue weighted by Gasteiger charge is -2.35. The molecule has 0 aliphatic rings. The lowest BCUT2D eigenvalue weighted by molar-refractivity contribution is -0.144. The van der Waals surface area contributed by atoms with Gasteiger partial charge in [-0.2, -0.15) is 0 Å². The average Bonchev–Trinajstić information content (AvgIpc) is 2.76. The van der Waals surface area contributed by atoms with Crippen LogP contribution in [0.2, 0.25) is 0 Å². The van der Waals surface area contributed by atoms with Crippen molar-refractivity contribution in [2.75, 3.05) is 13.2 Å². The Morgan fingerprint density at radius 2 is 1.62 bits per heavy atom. The number of unbranched alkanes of at least 4 members (excludes halogenated alkanes) is 5. The smallest absolute Gasteiger partial charge is 0.408 e. The number of aliphatic hydroxyl groups is 1. The molecule has 0 fully saturated rings. The van der Waals surface area contributed by atoms with Gasteiger partial charge in [-0.15, -0.1) is 0 Å². The second-order valence-corrected chi connectivity index (χ2v) is 11.4. The first-order chi connectivity index (χ1) is 17.2. The molecule has 9 nitrogen and oxygen atoms in total. The van der Waals surface area contributed by atoms with E-state index in [-0.39, 0.29) is 12.3 Å². The number of phenols is 1. The first kappa shape index (κ1) is 32.2. The van der Waals surface area contributed by atoms with Crippen LogP contribution in [0, 0.1) is 0 Å². The maximum absolute atomic E-state index is 13.8. The van der Waals surface area contributed by atoms with Gasteiger partial charge in [0.15, 0.2) is 0 Å². The molecule has 4 N–H and O–H groups in total. The number of hydrogen-bond acceptors (Lipinski definition) is 6. The zero-order chi connectivity index (χ0) is 28.2. The first-order valence-corrected chi connectivity index (χ1v) is 13.2. The van der Waals surface area contributed by atoms with Gasteiger partial charge in [0.05, 0.1) is 6.61 Å². The molecule has 0 aliphatic carbocycles. The lowest BCUT2D eigenvalue weighted by atomic mass is 9.99. The molecular weight excluding hydrogens is 474 g/mol. The molecule has 37 heavy (non-hydrogen) atoms. The summed E-state index contributed by atoms with van der Waals surface area (Å²) in [5.74, 6) is -1.07. The number of carbonyl (C=O) groups excluding carboxylic acids is 3. The molecule has 0 radical (unpaired) electrons. The number of phenolic OH excluding ortho intramolecular Hbond substituents is 1. The van der Waals surface area contributed by atoms with E-state index < -0.39 is 47.7 Å². The number of nitrogens with zero attached hydrogens (tertiary/aromatic N) is 1. The van der Waals surface area contributed by atoms with Crippen LogP contribution in [-0.2, 0) is 14.3 Å².